The van der Waals surface area contributed by atoms with Crippen molar-refractivity contribution in [1.29, 1.82) is 0 Å². The van der Waals surface area contributed by atoms with Crippen LogP contribution in [0.2, 0.25) is 0 Å². The third-order valence-corrected chi connectivity index (χ3v) is 2.98. The van der Waals surface area contributed by atoms with Gasteiger partial charge in [-0.05, 0) is 24.6 Å². The van der Waals surface area contributed by atoms with E-state index >= 15 is 0 Å². The molecule has 1 atom stereocenters. The van der Waals surface area contributed by atoms with Gasteiger partial charge in [-0.15, -0.1) is 0 Å². The summed E-state index contributed by atoms with van der Waals surface area (Å²) in [5, 5.41) is 5.21. The van der Waals surface area contributed by atoms with Crippen LogP contribution < -0.4 is 10.6 Å². The SMILES string of the molecule is C[C@H](NC(=O)OCc1ccccc1)C(=O)Nc1ccccc1. The zero-order valence-corrected chi connectivity index (χ0v) is 12.3. The number of nitrogens with one attached hydrogen (secondary N) is 2. The summed E-state index contributed by atoms with van der Waals surface area (Å²) >= 11 is 0. The number of amides is 2. The standard InChI is InChI=1S/C17H18N2O3/c1-13(16(20)19-15-10-6-3-7-11-15)18-17(21)22-12-14-8-4-2-5-9-14/h2-11,13H,12H2,1H3,(H,18,21)(H,19,20)/t13-/m0/s1. The maximum absolute atomic E-state index is 11.9. The first-order chi connectivity index (χ1) is 10.6. The van der Waals surface area contributed by atoms with Gasteiger partial charge in [0.15, 0.2) is 0 Å². The third-order valence-electron chi connectivity index (χ3n) is 2.98. The minimum Gasteiger partial charge on any atom is -0.445 e. The molecule has 0 aliphatic rings. The van der Waals surface area contributed by atoms with Gasteiger partial charge in [0.1, 0.15) is 12.6 Å². The van der Waals surface area contributed by atoms with Crippen molar-refractivity contribution in [3.63, 3.8) is 0 Å². The topological polar surface area (TPSA) is 67.4 Å². The Balaban J connectivity index is 1.77. The van der Waals surface area contributed by atoms with Crippen molar-refractivity contribution >= 4 is 17.7 Å². The van der Waals surface area contributed by atoms with E-state index in [4.69, 9.17) is 4.74 Å². The van der Waals surface area contributed by atoms with Gasteiger partial charge in [-0.1, -0.05) is 48.5 Å². The zero-order chi connectivity index (χ0) is 15.8. The summed E-state index contributed by atoms with van der Waals surface area (Å²) < 4.78 is 5.07. The van der Waals surface area contributed by atoms with E-state index in [1.54, 1.807) is 19.1 Å². The fraction of sp³-hybridized carbons (Fsp3) is 0.176. The van der Waals surface area contributed by atoms with Crippen LogP contribution in [0, 0.1) is 0 Å². The first-order valence-electron chi connectivity index (χ1n) is 6.98. The maximum atomic E-state index is 11.9. The third kappa shape index (κ3) is 4.94. The predicted octanol–water partition coefficient (Wildman–Crippen LogP) is 2.94. The van der Waals surface area contributed by atoms with E-state index in [1.807, 2.05) is 48.5 Å². The number of anilines is 1. The van der Waals surface area contributed by atoms with Crippen molar-refractivity contribution in [2.45, 2.75) is 19.6 Å². The van der Waals surface area contributed by atoms with E-state index < -0.39 is 12.1 Å². The van der Waals surface area contributed by atoms with Crippen LogP contribution in [-0.2, 0) is 16.1 Å². The van der Waals surface area contributed by atoms with Crippen molar-refractivity contribution in [3.8, 4) is 0 Å². The molecule has 22 heavy (non-hydrogen) atoms. The Morgan fingerprint density at radius 1 is 1.00 bits per heavy atom. The summed E-state index contributed by atoms with van der Waals surface area (Å²) in [6, 6.07) is 17.7. The molecule has 0 saturated carbocycles. The van der Waals surface area contributed by atoms with Crippen molar-refractivity contribution in [2.24, 2.45) is 0 Å². The molecule has 0 saturated heterocycles. The number of carbonyl (C=O) groups is 2. The van der Waals surface area contributed by atoms with E-state index in [9.17, 15) is 9.59 Å². The molecule has 2 aromatic carbocycles. The summed E-state index contributed by atoms with van der Waals surface area (Å²) in [5.41, 5.74) is 1.57. The van der Waals surface area contributed by atoms with Crippen molar-refractivity contribution < 1.29 is 14.3 Å². The highest BCUT2D eigenvalue weighted by Crippen LogP contribution is 2.05. The lowest BCUT2D eigenvalue weighted by Gasteiger charge is -2.14. The lowest BCUT2D eigenvalue weighted by molar-refractivity contribution is -0.117. The molecule has 0 bridgehead atoms. The van der Waals surface area contributed by atoms with Gasteiger partial charge in [-0.2, -0.15) is 0 Å². The molecule has 0 fully saturated rings. The lowest BCUT2D eigenvalue weighted by Crippen LogP contribution is -2.41. The molecule has 0 heterocycles. The van der Waals surface area contributed by atoms with Gasteiger partial charge in [0, 0.05) is 5.69 Å². The quantitative estimate of drug-likeness (QED) is 0.892. The Morgan fingerprint density at radius 3 is 2.23 bits per heavy atom. The van der Waals surface area contributed by atoms with Crippen LogP contribution in [0.5, 0.6) is 0 Å². The molecule has 0 aliphatic carbocycles. The molecule has 2 N–H and O–H groups in total. The number of hydrogen-bond acceptors (Lipinski definition) is 3. The molecule has 0 aromatic heterocycles. The number of ether oxygens (including phenoxy) is 1. The minimum absolute atomic E-state index is 0.166. The van der Waals surface area contributed by atoms with Gasteiger partial charge >= 0.3 is 6.09 Å². The fourth-order valence-corrected chi connectivity index (χ4v) is 1.78. The molecule has 114 valence electrons. The van der Waals surface area contributed by atoms with E-state index in [-0.39, 0.29) is 12.5 Å². The van der Waals surface area contributed by atoms with Crippen LogP contribution in [0.15, 0.2) is 60.7 Å². The minimum atomic E-state index is -0.691. The van der Waals surface area contributed by atoms with Gasteiger partial charge in [0.25, 0.3) is 0 Å². The lowest BCUT2D eigenvalue weighted by atomic mass is 10.2. The normalized spacial score (nSPS) is 11.3. The van der Waals surface area contributed by atoms with Crippen LogP contribution in [0.1, 0.15) is 12.5 Å². The largest absolute Gasteiger partial charge is 0.445 e. The molecule has 2 amide bonds. The van der Waals surface area contributed by atoms with Crippen molar-refractivity contribution in [1.82, 2.24) is 5.32 Å². The summed E-state index contributed by atoms with van der Waals surface area (Å²) in [6.45, 7) is 1.77. The van der Waals surface area contributed by atoms with Gasteiger partial charge < -0.3 is 15.4 Å². The number of alkyl carbamates (subject to hydrolysis) is 1. The van der Waals surface area contributed by atoms with Gasteiger partial charge in [0.05, 0.1) is 0 Å². The van der Waals surface area contributed by atoms with Crippen LogP contribution >= 0.6 is 0 Å². The highest BCUT2D eigenvalue weighted by atomic mass is 16.5. The molecule has 2 rings (SSSR count). The molecule has 5 heteroatoms. The average molecular weight is 298 g/mol. The second-order valence-electron chi connectivity index (χ2n) is 4.78. The molecular weight excluding hydrogens is 280 g/mol. The molecular formula is C17H18N2O3. The molecule has 5 nitrogen and oxygen atoms in total. The number of carbonyl (C=O) groups excluding carboxylic acids is 2. The molecule has 0 radical (unpaired) electrons. The van der Waals surface area contributed by atoms with Crippen molar-refractivity contribution in [3.05, 3.63) is 66.2 Å². The second-order valence-corrected chi connectivity index (χ2v) is 4.78. The molecule has 2 aromatic rings. The van der Waals surface area contributed by atoms with Gasteiger partial charge in [-0.3, -0.25) is 4.79 Å². The van der Waals surface area contributed by atoms with E-state index in [1.165, 1.54) is 0 Å². The molecule has 0 aliphatic heterocycles. The van der Waals surface area contributed by atoms with Crippen LogP contribution in [0.3, 0.4) is 0 Å². The van der Waals surface area contributed by atoms with Crippen LogP contribution in [0.4, 0.5) is 10.5 Å². The number of rotatable bonds is 5. The summed E-state index contributed by atoms with van der Waals surface area (Å²) in [7, 11) is 0. The van der Waals surface area contributed by atoms with E-state index in [2.05, 4.69) is 10.6 Å². The van der Waals surface area contributed by atoms with Crippen LogP contribution in [-0.4, -0.2) is 18.0 Å². The van der Waals surface area contributed by atoms with Gasteiger partial charge in [0.2, 0.25) is 5.91 Å². The maximum Gasteiger partial charge on any atom is 0.408 e. The Labute approximate surface area is 129 Å². The van der Waals surface area contributed by atoms with E-state index in [0.29, 0.717) is 5.69 Å². The van der Waals surface area contributed by atoms with Crippen molar-refractivity contribution in [2.75, 3.05) is 5.32 Å². The Morgan fingerprint density at radius 2 is 1.59 bits per heavy atom. The fourth-order valence-electron chi connectivity index (χ4n) is 1.78. The Hall–Kier alpha value is -2.82. The van der Waals surface area contributed by atoms with E-state index in [0.717, 1.165) is 5.56 Å². The monoisotopic (exact) mass is 298 g/mol. The highest BCUT2D eigenvalue weighted by Gasteiger charge is 2.16. The Bertz CT molecular complexity index is 614. The summed E-state index contributed by atoms with van der Waals surface area (Å²) in [5.74, 6) is -0.303. The summed E-state index contributed by atoms with van der Waals surface area (Å²) in [4.78, 5) is 23.6. The zero-order valence-electron chi connectivity index (χ0n) is 12.3. The smallest absolute Gasteiger partial charge is 0.408 e. The molecule has 0 unspecified atom stereocenters. The number of para-hydroxylation sites is 1. The average Bonchev–Trinajstić information content (AvgIpc) is 2.55. The van der Waals surface area contributed by atoms with Gasteiger partial charge in [-0.25, -0.2) is 4.79 Å². The number of hydrogen-bond donors (Lipinski definition) is 2. The second kappa shape index (κ2) is 7.83. The predicted molar refractivity (Wildman–Crippen MR) is 84.3 cm³/mol. The molecule has 0 spiro atoms. The first kappa shape index (κ1) is 15.6. The summed E-state index contributed by atoms with van der Waals surface area (Å²) in [6.07, 6.45) is -0.625. The highest BCUT2D eigenvalue weighted by molar-refractivity contribution is 5.96. The van der Waals surface area contributed by atoms with Crippen LogP contribution in [0.25, 0.3) is 0 Å². The number of benzene rings is 2. The Kier molecular flexibility index (Phi) is 5.54. The first-order valence-corrected chi connectivity index (χ1v) is 6.98.